The first-order valence-corrected chi connectivity index (χ1v) is 4.59. The number of rotatable bonds is 1. The van der Waals surface area contributed by atoms with Gasteiger partial charge in [0.15, 0.2) is 0 Å². The number of carbonyl (C=O) groups is 1. The molecule has 0 saturated heterocycles. The van der Waals surface area contributed by atoms with E-state index in [-0.39, 0.29) is 0 Å². The van der Waals surface area contributed by atoms with Gasteiger partial charge in [-0.2, -0.15) is 0 Å². The molecule has 0 aromatic heterocycles. The van der Waals surface area contributed by atoms with E-state index in [4.69, 9.17) is 0 Å². The van der Waals surface area contributed by atoms with E-state index < -0.39 is 0 Å². The second-order valence-corrected chi connectivity index (χ2v) is 3.58. The molecule has 0 aromatic carbocycles. The van der Waals surface area contributed by atoms with Crippen LogP contribution in [0.25, 0.3) is 0 Å². The highest BCUT2D eigenvalue weighted by Gasteiger charge is 2.28. The average molecular weight is 150 g/mol. The third-order valence-corrected chi connectivity index (χ3v) is 2.83. The van der Waals surface area contributed by atoms with Crippen molar-refractivity contribution < 1.29 is 4.79 Å². The third kappa shape index (κ3) is 1.24. The van der Waals surface area contributed by atoms with Gasteiger partial charge in [-0.25, -0.2) is 0 Å². The van der Waals surface area contributed by atoms with Gasteiger partial charge >= 0.3 is 0 Å². The zero-order valence-electron chi connectivity index (χ0n) is 6.81. The molecule has 60 valence electrons. The molecular weight excluding hydrogens is 136 g/mol. The van der Waals surface area contributed by atoms with Crippen molar-refractivity contribution in [3.63, 3.8) is 0 Å². The second kappa shape index (κ2) is 2.80. The zero-order valence-corrected chi connectivity index (χ0v) is 6.81. The SMILES string of the molecule is O=C1CCCC1C1=CCCC1. The van der Waals surface area contributed by atoms with Gasteiger partial charge in [0.25, 0.3) is 0 Å². The Morgan fingerprint density at radius 3 is 2.73 bits per heavy atom. The minimum absolute atomic E-state index is 0.345. The predicted molar refractivity (Wildman–Crippen MR) is 44.3 cm³/mol. The normalized spacial score (nSPS) is 31.1. The Kier molecular flexibility index (Phi) is 1.80. The summed E-state index contributed by atoms with van der Waals surface area (Å²) in [4.78, 5) is 11.3. The highest BCUT2D eigenvalue weighted by Crippen LogP contribution is 2.34. The topological polar surface area (TPSA) is 17.1 Å². The fourth-order valence-electron chi connectivity index (χ4n) is 2.22. The van der Waals surface area contributed by atoms with Crippen molar-refractivity contribution in [3.05, 3.63) is 11.6 Å². The van der Waals surface area contributed by atoms with Crippen LogP contribution in [-0.2, 0) is 4.79 Å². The minimum atomic E-state index is 0.345. The van der Waals surface area contributed by atoms with E-state index in [1.807, 2.05) is 0 Å². The minimum Gasteiger partial charge on any atom is -0.299 e. The number of Topliss-reactive ketones (excluding diaryl/α,β-unsaturated/α-hetero) is 1. The lowest BCUT2D eigenvalue weighted by molar-refractivity contribution is -0.119. The van der Waals surface area contributed by atoms with Crippen LogP contribution in [0.1, 0.15) is 38.5 Å². The Balaban J connectivity index is 2.08. The molecule has 0 spiro atoms. The summed E-state index contributed by atoms with van der Waals surface area (Å²) < 4.78 is 0. The first kappa shape index (κ1) is 7.08. The van der Waals surface area contributed by atoms with E-state index in [2.05, 4.69) is 6.08 Å². The Hall–Kier alpha value is -0.590. The third-order valence-electron chi connectivity index (χ3n) is 2.83. The van der Waals surface area contributed by atoms with Crippen molar-refractivity contribution in [1.29, 1.82) is 0 Å². The highest BCUT2D eigenvalue weighted by molar-refractivity contribution is 5.85. The molecule has 0 N–H and O–H groups in total. The van der Waals surface area contributed by atoms with E-state index in [9.17, 15) is 4.79 Å². The number of ketones is 1. The molecule has 11 heavy (non-hydrogen) atoms. The van der Waals surface area contributed by atoms with Gasteiger partial charge in [0.1, 0.15) is 5.78 Å². The van der Waals surface area contributed by atoms with Crippen LogP contribution in [0.2, 0.25) is 0 Å². The molecule has 0 radical (unpaired) electrons. The highest BCUT2D eigenvalue weighted by atomic mass is 16.1. The first-order valence-electron chi connectivity index (χ1n) is 4.59. The van der Waals surface area contributed by atoms with Gasteiger partial charge in [-0.3, -0.25) is 4.79 Å². The molecule has 0 heterocycles. The van der Waals surface area contributed by atoms with Gasteiger partial charge in [-0.15, -0.1) is 0 Å². The lowest BCUT2D eigenvalue weighted by Gasteiger charge is -2.07. The summed E-state index contributed by atoms with van der Waals surface area (Å²) in [7, 11) is 0. The van der Waals surface area contributed by atoms with Gasteiger partial charge in [0, 0.05) is 12.3 Å². The molecular formula is C10H14O. The van der Waals surface area contributed by atoms with Crippen LogP contribution in [0.4, 0.5) is 0 Å². The van der Waals surface area contributed by atoms with Crippen molar-refractivity contribution in [1.82, 2.24) is 0 Å². The second-order valence-electron chi connectivity index (χ2n) is 3.58. The van der Waals surface area contributed by atoms with Crippen molar-refractivity contribution in [3.8, 4) is 0 Å². The summed E-state index contributed by atoms with van der Waals surface area (Å²) >= 11 is 0. The van der Waals surface area contributed by atoms with Gasteiger partial charge < -0.3 is 0 Å². The van der Waals surface area contributed by atoms with Crippen molar-refractivity contribution in [2.45, 2.75) is 38.5 Å². The Morgan fingerprint density at radius 1 is 1.27 bits per heavy atom. The average Bonchev–Trinajstić information content (AvgIpc) is 2.55. The van der Waals surface area contributed by atoms with Crippen LogP contribution in [0.15, 0.2) is 11.6 Å². The maximum atomic E-state index is 11.3. The van der Waals surface area contributed by atoms with E-state index in [1.54, 1.807) is 0 Å². The molecule has 1 fully saturated rings. The lowest BCUT2D eigenvalue weighted by atomic mass is 9.96. The summed E-state index contributed by atoms with van der Waals surface area (Å²) in [6.07, 6.45) is 9.05. The summed E-state index contributed by atoms with van der Waals surface area (Å²) in [6, 6.07) is 0. The van der Waals surface area contributed by atoms with Crippen LogP contribution in [0.3, 0.4) is 0 Å². The fraction of sp³-hybridized carbons (Fsp3) is 0.700. The number of hydrogen-bond acceptors (Lipinski definition) is 1. The largest absolute Gasteiger partial charge is 0.299 e. The molecule has 2 aliphatic carbocycles. The van der Waals surface area contributed by atoms with Crippen molar-refractivity contribution in [2.24, 2.45) is 5.92 Å². The molecule has 1 heteroatoms. The van der Waals surface area contributed by atoms with E-state index in [1.165, 1.54) is 24.8 Å². The standard InChI is InChI=1S/C10H14O/c11-10-7-3-6-9(10)8-4-1-2-5-8/h4,9H,1-3,5-7H2. The van der Waals surface area contributed by atoms with E-state index in [0.717, 1.165) is 19.3 Å². The first-order chi connectivity index (χ1) is 5.38. The smallest absolute Gasteiger partial charge is 0.139 e. The van der Waals surface area contributed by atoms with Gasteiger partial charge in [0.05, 0.1) is 0 Å². The zero-order chi connectivity index (χ0) is 7.68. The van der Waals surface area contributed by atoms with Crippen LogP contribution >= 0.6 is 0 Å². The Bertz CT molecular complexity index is 203. The van der Waals surface area contributed by atoms with Gasteiger partial charge in [-0.05, 0) is 32.1 Å². The summed E-state index contributed by atoms with van der Waals surface area (Å²) in [5.74, 6) is 0.843. The molecule has 0 amide bonds. The number of hydrogen-bond donors (Lipinski definition) is 0. The molecule has 0 bridgehead atoms. The molecule has 2 aliphatic rings. The molecule has 1 saturated carbocycles. The monoisotopic (exact) mass is 150 g/mol. The van der Waals surface area contributed by atoms with Gasteiger partial charge in [0.2, 0.25) is 0 Å². The van der Waals surface area contributed by atoms with Crippen LogP contribution in [0.5, 0.6) is 0 Å². The summed E-state index contributed by atoms with van der Waals surface area (Å²) in [5.41, 5.74) is 1.45. The van der Waals surface area contributed by atoms with E-state index >= 15 is 0 Å². The predicted octanol–water partition coefficient (Wildman–Crippen LogP) is 2.47. The molecule has 2 rings (SSSR count). The maximum absolute atomic E-state index is 11.3. The molecule has 1 nitrogen and oxygen atoms in total. The summed E-state index contributed by atoms with van der Waals surface area (Å²) in [6.45, 7) is 0. The Morgan fingerprint density at radius 2 is 2.18 bits per heavy atom. The maximum Gasteiger partial charge on any atom is 0.139 e. The van der Waals surface area contributed by atoms with Crippen molar-refractivity contribution >= 4 is 5.78 Å². The molecule has 1 atom stereocenters. The lowest BCUT2D eigenvalue weighted by Crippen LogP contribution is -2.07. The van der Waals surface area contributed by atoms with E-state index in [0.29, 0.717) is 11.7 Å². The van der Waals surface area contributed by atoms with Crippen LogP contribution < -0.4 is 0 Å². The van der Waals surface area contributed by atoms with Crippen LogP contribution in [0, 0.1) is 5.92 Å². The van der Waals surface area contributed by atoms with Gasteiger partial charge in [-0.1, -0.05) is 11.6 Å². The molecule has 0 aliphatic heterocycles. The van der Waals surface area contributed by atoms with Crippen molar-refractivity contribution in [2.75, 3.05) is 0 Å². The number of allylic oxidation sites excluding steroid dienone is 2. The fourth-order valence-corrected chi connectivity index (χ4v) is 2.22. The quantitative estimate of drug-likeness (QED) is 0.525. The molecule has 1 unspecified atom stereocenters. The Labute approximate surface area is 67.5 Å². The van der Waals surface area contributed by atoms with Crippen LogP contribution in [-0.4, -0.2) is 5.78 Å². The summed E-state index contributed by atoms with van der Waals surface area (Å²) in [5, 5.41) is 0. The number of carbonyl (C=O) groups excluding carboxylic acids is 1. The molecule has 0 aromatic rings.